The Bertz CT molecular complexity index is 848. The van der Waals surface area contributed by atoms with Crippen molar-refractivity contribution in [2.75, 3.05) is 16.8 Å². The molecule has 0 aromatic heterocycles. The summed E-state index contributed by atoms with van der Waals surface area (Å²) in [6.45, 7) is 3.28. The summed E-state index contributed by atoms with van der Waals surface area (Å²) in [5, 5.41) is 14.1. The standard InChI is InChI=1S/C13H19N3O6S2/c1-9(2)15-24(21,22)11-3-4-12(13(7-11)16(17)18)14-10-5-6-23(19,20)8-10/h3-4,7,9-10,14-15H,5-6,8H2,1-2H3/t10-/m1/s1. The van der Waals surface area contributed by atoms with Gasteiger partial charge < -0.3 is 5.32 Å². The Hall–Kier alpha value is -1.72. The summed E-state index contributed by atoms with van der Waals surface area (Å²) in [6, 6.07) is 2.73. The Balaban J connectivity index is 2.33. The van der Waals surface area contributed by atoms with Crippen molar-refractivity contribution in [3.63, 3.8) is 0 Å². The molecule has 1 aromatic carbocycles. The van der Waals surface area contributed by atoms with Crippen molar-refractivity contribution in [2.24, 2.45) is 0 Å². The second-order valence-electron chi connectivity index (χ2n) is 5.96. The molecule has 0 spiro atoms. The number of sulfonamides is 1. The van der Waals surface area contributed by atoms with Gasteiger partial charge in [-0.25, -0.2) is 21.6 Å². The molecule has 0 amide bonds. The number of nitrogens with one attached hydrogen (secondary N) is 2. The lowest BCUT2D eigenvalue weighted by molar-refractivity contribution is -0.384. The monoisotopic (exact) mass is 377 g/mol. The normalized spacial score (nSPS) is 20.2. The summed E-state index contributed by atoms with van der Waals surface area (Å²) in [5.74, 6) is -0.0671. The smallest absolute Gasteiger partial charge is 0.293 e. The first-order valence-corrected chi connectivity index (χ1v) is 10.6. The number of nitrogens with zero attached hydrogens (tertiary/aromatic N) is 1. The van der Waals surface area contributed by atoms with Crippen molar-refractivity contribution in [3.8, 4) is 0 Å². The van der Waals surface area contributed by atoms with Gasteiger partial charge in [0, 0.05) is 18.2 Å². The van der Waals surface area contributed by atoms with E-state index in [0.29, 0.717) is 6.42 Å². The third kappa shape index (κ3) is 4.42. The van der Waals surface area contributed by atoms with Crippen LogP contribution in [0.1, 0.15) is 20.3 Å². The fraction of sp³-hybridized carbons (Fsp3) is 0.538. The number of rotatable bonds is 6. The fourth-order valence-electron chi connectivity index (χ4n) is 2.46. The summed E-state index contributed by atoms with van der Waals surface area (Å²) >= 11 is 0. The van der Waals surface area contributed by atoms with Crippen LogP contribution in [0.4, 0.5) is 11.4 Å². The van der Waals surface area contributed by atoms with E-state index < -0.39 is 36.5 Å². The molecule has 0 saturated carbocycles. The highest BCUT2D eigenvalue weighted by Crippen LogP contribution is 2.29. The minimum atomic E-state index is -3.86. The highest BCUT2D eigenvalue weighted by molar-refractivity contribution is 7.91. The summed E-state index contributed by atoms with van der Waals surface area (Å²) in [6.07, 6.45) is 0.356. The summed E-state index contributed by atoms with van der Waals surface area (Å²) in [7, 11) is -6.99. The van der Waals surface area contributed by atoms with Crippen molar-refractivity contribution in [1.29, 1.82) is 0 Å². The van der Waals surface area contributed by atoms with Gasteiger partial charge in [0.05, 0.1) is 21.3 Å². The topological polar surface area (TPSA) is 135 Å². The van der Waals surface area contributed by atoms with Crippen LogP contribution in [-0.2, 0) is 19.9 Å². The molecule has 1 aromatic rings. The Morgan fingerprint density at radius 3 is 2.50 bits per heavy atom. The summed E-state index contributed by atoms with van der Waals surface area (Å²) < 4.78 is 49.6. The van der Waals surface area contributed by atoms with E-state index in [0.717, 1.165) is 6.07 Å². The van der Waals surface area contributed by atoms with E-state index in [1.54, 1.807) is 13.8 Å². The zero-order chi connectivity index (χ0) is 18.1. The van der Waals surface area contributed by atoms with E-state index in [9.17, 15) is 26.9 Å². The van der Waals surface area contributed by atoms with Gasteiger partial charge >= 0.3 is 0 Å². The third-order valence-corrected chi connectivity index (χ3v) is 6.88. The molecular weight excluding hydrogens is 358 g/mol. The molecule has 1 aliphatic rings. The van der Waals surface area contributed by atoms with Gasteiger partial charge in [-0.3, -0.25) is 10.1 Å². The molecule has 1 fully saturated rings. The van der Waals surface area contributed by atoms with Gasteiger partial charge in [0.15, 0.2) is 9.84 Å². The van der Waals surface area contributed by atoms with Crippen molar-refractivity contribution in [1.82, 2.24) is 4.72 Å². The molecule has 1 saturated heterocycles. The highest BCUT2D eigenvalue weighted by atomic mass is 32.2. The molecule has 0 unspecified atom stereocenters. The molecule has 1 atom stereocenters. The first kappa shape index (κ1) is 18.6. The maximum Gasteiger partial charge on any atom is 0.293 e. The SMILES string of the molecule is CC(C)NS(=O)(=O)c1ccc(N[C@@H]2CCS(=O)(=O)C2)c([N+](=O)[O-])c1. The van der Waals surface area contributed by atoms with Crippen LogP contribution in [0.5, 0.6) is 0 Å². The molecule has 0 aliphatic carbocycles. The van der Waals surface area contributed by atoms with Crippen molar-refractivity contribution < 1.29 is 21.8 Å². The molecule has 0 radical (unpaired) electrons. The van der Waals surface area contributed by atoms with Crippen LogP contribution >= 0.6 is 0 Å². The van der Waals surface area contributed by atoms with Gasteiger partial charge in [-0.15, -0.1) is 0 Å². The van der Waals surface area contributed by atoms with Gasteiger partial charge in [0.25, 0.3) is 5.69 Å². The molecule has 1 aliphatic heterocycles. The molecule has 9 nitrogen and oxygen atoms in total. The predicted octanol–water partition coefficient (Wildman–Crippen LogP) is 0.881. The van der Waals surface area contributed by atoms with Gasteiger partial charge in [-0.05, 0) is 32.4 Å². The molecule has 24 heavy (non-hydrogen) atoms. The van der Waals surface area contributed by atoms with Crippen molar-refractivity contribution in [3.05, 3.63) is 28.3 Å². The van der Waals surface area contributed by atoms with E-state index in [2.05, 4.69) is 10.0 Å². The molecule has 2 N–H and O–H groups in total. The average Bonchev–Trinajstić information content (AvgIpc) is 2.76. The van der Waals surface area contributed by atoms with Gasteiger partial charge in [0.1, 0.15) is 5.69 Å². The molecule has 1 heterocycles. The average molecular weight is 377 g/mol. The Morgan fingerprint density at radius 1 is 1.33 bits per heavy atom. The van der Waals surface area contributed by atoms with Crippen LogP contribution in [0, 0.1) is 10.1 Å². The van der Waals surface area contributed by atoms with Gasteiger partial charge in [0.2, 0.25) is 10.0 Å². The maximum atomic E-state index is 12.1. The van der Waals surface area contributed by atoms with Crippen molar-refractivity contribution in [2.45, 2.75) is 37.2 Å². The second kappa shape index (κ2) is 6.65. The fourth-order valence-corrected chi connectivity index (χ4v) is 5.40. The third-order valence-electron chi connectivity index (χ3n) is 3.46. The van der Waals surface area contributed by atoms with E-state index >= 15 is 0 Å². The van der Waals surface area contributed by atoms with E-state index in [4.69, 9.17) is 0 Å². The van der Waals surface area contributed by atoms with Crippen LogP contribution < -0.4 is 10.0 Å². The van der Waals surface area contributed by atoms with Crippen LogP contribution in [-0.4, -0.2) is 45.3 Å². The molecule has 0 bridgehead atoms. The predicted molar refractivity (Wildman–Crippen MR) is 89.2 cm³/mol. The Morgan fingerprint density at radius 2 is 2.00 bits per heavy atom. The Kier molecular flexibility index (Phi) is 5.16. The van der Waals surface area contributed by atoms with Crippen molar-refractivity contribution >= 4 is 31.2 Å². The number of benzene rings is 1. The van der Waals surface area contributed by atoms with Gasteiger partial charge in [-0.2, -0.15) is 0 Å². The summed E-state index contributed by atoms with van der Waals surface area (Å²) in [5.41, 5.74) is -0.309. The minimum Gasteiger partial charge on any atom is -0.376 e. The first-order valence-electron chi connectivity index (χ1n) is 7.28. The molecule has 11 heteroatoms. The minimum absolute atomic E-state index is 0.0310. The number of sulfone groups is 1. The summed E-state index contributed by atoms with van der Waals surface area (Å²) in [4.78, 5) is 10.3. The number of anilines is 1. The quantitative estimate of drug-likeness (QED) is 0.555. The van der Waals surface area contributed by atoms with Crippen LogP contribution in [0.2, 0.25) is 0 Å². The maximum absolute atomic E-state index is 12.1. The largest absolute Gasteiger partial charge is 0.376 e. The lowest BCUT2D eigenvalue weighted by atomic mass is 10.2. The molecule has 134 valence electrons. The van der Waals surface area contributed by atoms with Gasteiger partial charge in [-0.1, -0.05) is 0 Å². The number of nitro groups is 1. The van der Waals surface area contributed by atoms with Crippen LogP contribution in [0.25, 0.3) is 0 Å². The molecular formula is C13H19N3O6S2. The van der Waals surface area contributed by atoms with E-state index in [1.807, 2.05) is 0 Å². The van der Waals surface area contributed by atoms with Crippen LogP contribution in [0.15, 0.2) is 23.1 Å². The lowest BCUT2D eigenvalue weighted by Crippen LogP contribution is -2.30. The second-order valence-corrected chi connectivity index (χ2v) is 9.90. The number of hydrogen-bond acceptors (Lipinski definition) is 7. The first-order chi connectivity index (χ1) is 11.0. The van der Waals surface area contributed by atoms with E-state index in [1.165, 1.54) is 12.1 Å². The zero-order valence-corrected chi connectivity index (χ0v) is 14.9. The zero-order valence-electron chi connectivity index (χ0n) is 13.2. The molecule has 2 rings (SSSR count). The highest BCUT2D eigenvalue weighted by Gasteiger charge is 2.30. The van der Waals surface area contributed by atoms with E-state index in [-0.39, 0.29) is 28.1 Å². The number of hydrogen-bond donors (Lipinski definition) is 2. The van der Waals surface area contributed by atoms with Crippen LogP contribution in [0.3, 0.4) is 0 Å². The Labute approximate surface area is 140 Å². The number of nitro benzene ring substituents is 1. The lowest BCUT2D eigenvalue weighted by Gasteiger charge is -2.14.